The van der Waals surface area contributed by atoms with E-state index in [0.29, 0.717) is 27.6 Å². The Bertz CT molecular complexity index is 1400. The highest BCUT2D eigenvalue weighted by molar-refractivity contribution is 7.89. The summed E-state index contributed by atoms with van der Waals surface area (Å²) in [7, 11) is -3.82. The third-order valence-corrected chi connectivity index (χ3v) is 9.36. The number of carbonyl (C=O) groups excluding carboxylic acids is 1. The summed E-state index contributed by atoms with van der Waals surface area (Å²) in [6, 6.07) is 12.2. The third-order valence-electron chi connectivity index (χ3n) is 6.29. The van der Waals surface area contributed by atoms with E-state index in [-0.39, 0.29) is 36.3 Å². The van der Waals surface area contributed by atoms with Crippen LogP contribution in [0.15, 0.2) is 53.6 Å². The molecule has 1 unspecified atom stereocenters. The molecule has 0 saturated carbocycles. The number of carboxylic acids is 1. The minimum Gasteiger partial charge on any atom is -0.488 e. The fourth-order valence-electron chi connectivity index (χ4n) is 4.21. The molecule has 0 fully saturated rings. The molecule has 0 saturated heterocycles. The lowest BCUT2D eigenvalue weighted by molar-refractivity contribution is -0.137. The molecule has 1 N–H and O–H groups in total. The van der Waals surface area contributed by atoms with Crippen LogP contribution < -0.4 is 4.74 Å². The fraction of sp³-hybridized carbons (Fsp3) is 0.346. The Morgan fingerprint density at radius 1 is 1.25 bits per heavy atom. The average molecular weight is 529 g/mol. The third kappa shape index (κ3) is 5.35. The topological polar surface area (TPSA) is 114 Å². The van der Waals surface area contributed by atoms with Gasteiger partial charge in [-0.1, -0.05) is 37.3 Å². The molecule has 1 aliphatic rings. The Morgan fingerprint density at radius 3 is 2.67 bits per heavy atom. The van der Waals surface area contributed by atoms with Gasteiger partial charge in [0.15, 0.2) is 5.78 Å². The predicted molar refractivity (Wildman–Crippen MR) is 136 cm³/mol. The number of benzene rings is 2. The molecule has 0 aliphatic carbocycles. The average Bonchev–Trinajstić information content (AvgIpc) is 3.29. The molecule has 8 nitrogen and oxygen atoms in total. The standard InChI is InChI=1S/C26H28N2O6S2/c1-4-20-15-28(36(32,33)24-8-6-5-7-22(24)34-20)14-19-11-18(10-9-16(19)2)21(12-25(30)31)26-27-13-23(35-26)17(3)29/h5-11,13,20-21H,4,12,14-15H2,1-3H3,(H,30,31)/t20-,21?/m1/s1. The van der Waals surface area contributed by atoms with Gasteiger partial charge >= 0.3 is 5.97 Å². The number of para-hydroxylation sites is 1. The molecule has 36 heavy (non-hydrogen) atoms. The van der Waals surface area contributed by atoms with Crippen molar-refractivity contribution in [2.24, 2.45) is 0 Å². The highest BCUT2D eigenvalue weighted by atomic mass is 32.2. The monoisotopic (exact) mass is 528 g/mol. The summed E-state index contributed by atoms with van der Waals surface area (Å²) < 4.78 is 34.6. The predicted octanol–water partition coefficient (Wildman–Crippen LogP) is 4.62. The van der Waals surface area contributed by atoms with Crippen molar-refractivity contribution >= 4 is 33.1 Å². The number of ether oxygens (including phenoxy) is 1. The zero-order chi connectivity index (χ0) is 26.0. The Morgan fingerprint density at radius 2 is 2.00 bits per heavy atom. The first-order chi connectivity index (χ1) is 17.1. The second-order valence-corrected chi connectivity index (χ2v) is 11.8. The normalized spacial score (nSPS) is 18.0. The van der Waals surface area contributed by atoms with Gasteiger partial charge in [0, 0.05) is 25.6 Å². The van der Waals surface area contributed by atoms with Crippen LogP contribution in [0.1, 0.15) is 64.0 Å². The summed E-state index contributed by atoms with van der Waals surface area (Å²) in [6.07, 6.45) is 1.61. The minimum atomic E-state index is -3.82. The number of aromatic nitrogens is 1. The first-order valence-corrected chi connectivity index (χ1v) is 13.9. The molecule has 1 aromatic heterocycles. The van der Waals surface area contributed by atoms with E-state index in [2.05, 4.69) is 4.98 Å². The fourth-order valence-corrected chi connectivity index (χ4v) is 6.72. The molecule has 0 bridgehead atoms. The van der Waals surface area contributed by atoms with Crippen molar-refractivity contribution in [3.05, 3.63) is 75.2 Å². The summed E-state index contributed by atoms with van der Waals surface area (Å²) >= 11 is 1.18. The van der Waals surface area contributed by atoms with Crippen molar-refractivity contribution in [2.45, 2.75) is 57.1 Å². The van der Waals surface area contributed by atoms with Crippen molar-refractivity contribution in [1.29, 1.82) is 0 Å². The maximum absolute atomic E-state index is 13.6. The van der Waals surface area contributed by atoms with Crippen molar-refractivity contribution in [1.82, 2.24) is 9.29 Å². The number of nitrogens with zero attached hydrogens (tertiary/aromatic N) is 2. The first-order valence-electron chi connectivity index (χ1n) is 11.6. The number of Topliss-reactive ketones (excluding diaryl/α,β-unsaturated/α-hetero) is 1. The van der Waals surface area contributed by atoms with Gasteiger partial charge in [-0.25, -0.2) is 13.4 Å². The molecular formula is C26H28N2O6S2. The molecule has 10 heteroatoms. The molecule has 0 spiro atoms. The lowest BCUT2D eigenvalue weighted by Crippen LogP contribution is -2.36. The lowest BCUT2D eigenvalue weighted by Gasteiger charge is -2.24. The molecular weight excluding hydrogens is 500 g/mol. The van der Waals surface area contributed by atoms with Crippen LogP contribution in [0.25, 0.3) is 0 Å². The van der Waals surface area contributed by atoms with Gasteiger partial charge in [-0.15, -0.1) is 11.3 Å². The highest BCUT2D eigenvalue weighted by Gasteiger charge is 2.34. The van der Waals surface area contributed by atoms with Crippen molar-refractivity contribution in [3.63, 3.8) is 0 Å². The van der Waals surface area contributed by atoms with Gasteiger partial charge in [0.2, 0.25) is 10.0 Å². The lowest BCUT2D eigenvalue weighted by atomic mass is 9.93. The number of sulfonamides is 1. The summed E-state index contributed by atoms with van der Waals surface area (Å²) in [5, 5.41) is 10.1. The quantitative estimate of drug-likeness (QED) is 0.424. The van der Waals surface area contributed by atoms with Gasteiger partial charge < -0.3 is 9.84 Å². The van der Waals surface area contributed by atoms with Gasteiger partial charge in [-0.3, -0.25) is 9.59 Å². The van der Waals surface area contributed by atoms with Gasteiger partial charge in [-0.2, -0.15) is 4.31 Å². The molecule has 2 aromatic carbocycles. The smallest absolute Gasteiger partial charge is 0.304 e. The number of fused-ring (bicyclic) bond motifs is 1. The number of aliphatic carboxylic acids is 1. The number of carbonyl (C=O) groups is 2. The number of carboxylic acid groups (broad SMARTS) is 1. The molecule has 3 aromatic rings. The van der Waals surface area contributed by atoms with Crippen LogP contribution in [0, 0.1) is 6.92 Å². The number of ketones is 1. The van der Waals surface area contributed by atoms with E-state index in [1.165, 1.54) is 28.8 Å². The van der Waals surface area contributed by atoms with E-state index < -0.39 is 21.9 Å². The van der Waals surface area contributed by atoms with Crippen LogP contribution in [0.2, 0.25) is 0 Å². The molecule has 0 amide bonds. The molecule has 2 heterocycles. The van der Waals surface area contributed by atoms with Crippen molar-refractivity contribution < 1.29 is 27.9 Å². The van der Waals surface area contributed by atoms with E-state index in [1.807, 2.05) is 32.0 Å². The van der Waals surface area contributed by atoms with Crippen LogP contribution in [0.4, 0.5) is 0 Å². The van der Waals surface area contributed by atoms with Gasteiger partial charge in [0.25, 0.3) is 0 Å². The summed E-state index contributed by atoms with van der Waals surface area (Å²) in [5.74, 6) is -1.33. The van der Waals surface area contributed by atoms with Crippen LogP contribution >= 0.6 is 11.3 Å². The number of hydrogen-bond acceptors (Lipinski definition) is 7. The summed E-state index contributed by atoms with van der Waals surface area (Å²) in [6.45, 7) is 5.61. The van der Waals surface area contributed by atoms with E-state index >= 15 is 0 Å². The Kier molecular flexibility index (Phi) is 7.58. The van der Waals surface area contributed by atoms with Gasteiger partial charge in [0.05, 0.1) is 17.8 Å². The Labute approximate surface area is 214 Å². The molecule has 4 rings (SSSR count). The minimum absolute atomic E-state index is 0.118. The van der Waals surface area contributed by atoms with Crippen LogP contribution in [0.3, 0.4) is 0 Å². The number of aryl methyl sites for hydroxylation is 1. The van der Waals surface area contributed by atoms with Crippen LogP contribution in [-0.4, -0.2) is 47.2 Å². The van der Waals surface area contributed by atoms with Gasteiger partial charge in [-0.05, 0) is 42.2 Å². The summed E-state index contributed by atoms with van der Waals surface area (Å²) in [5.41, 5.74) is 2.36. The largest absolute Gasteiger partial charge is 0.488 e. The van der Waals surface area contributed by atoms with Crippen molar-refractivity contribution in [3.8, 4) is 5.75 Å². The highest BCUT2D eigenvalue weighted by Crippen LogP contribution is 2.35. The Hall–Kier alpha value is -3.08. The van der Waals surface area contributed by atoms with Crippen LogP contribution in [0.5, 0.6) is 5.75 Å². The number of hydrogen-bond donors (Lipinski definition) is 1. The molecule has 0 radical (unpaired) electrons. The molecule has 190 valence electrons. The first kappa shape index (κ1) is 26.0. The van der Waals surface area contributed by atoms with Crippen molar-refractivity contribution in [2.75, 3.05) is 6.54 Å². The van der Waals surface area contributed by atoms with E-state index in [4.69, 9.17) is 4.74 Å². The van der Waals surface area contributed by atoms with E-state index in [9.17, 15) is 23.1 Å². The Balaban J connectivity index is 1.72. The second kappa shape index (κ2) is 10.5. The van der Waals surface area contributed by atoms with E-state index in [0.717, 1.165) is 11.1 Å². The van der Waals surface area contributed by atoms with Gasteiger partial charge in [0.1, 0.15) is 21.8 Å². The second-order valence-electron chi connectivity index (χ2n) is 8.85. The molecule has 1 aliphatic heterocycles. The SMILES string of the molecule is CC[C@@H]1CN(Cc2cc(C(CC(=O)O)c3ncc(C(C)=O)s3)ccc2C)S(=O)(=O)c2ccccc2O1. The van der Waals surface area contributed by atoms with E-state index in [1.54, 1.807) is 24.3 Å². The molecule has 2 atom stereocenters. The zero-order valence-corrected chi connectivity index (χ0v) is 21.9. The maximum Gasteiger partial charge on any atom is 0.304 e. The maximum atomic E-state index is 13.6. The van der Waals surface area contributed by atoms with Crippen LogP contribution in [-0.2, 0) is 21.4 Å². The number of thiazole rings is 1. The number of rotatable bonds is 8. The zero-order valence-electron chi connectivity index (χ0n) is 20.3. The summed E-state index contributed by atoms with van der Waals surface area (Å²) in [4.78, 5) is 28.4.